The number of aromatic hydroxyl groups is 2. The van der Waals surface area contributed by atoms with E-state index in [1.54, 1.807) is 0 Å². The van der Waals surface area contributed by atoms with Gasteiger partial charge >= 0.3 is 17.9 Å². The van der Waals surface area contributed by atoms with Crippen molar-refractivity contribution in [1.29, 1.82) is 0 Å². The minimum absolute atomic E-state index is 0.0138. The monoisotopic (exact) mass is 785 g/mol. The third-order valence-electron chi connectivity index (χ3n) is 10.7. The molecule has 1 aromatic carbocycles. The SMILES string of the molecule is Nc1nc(/C(=N/O[C@@H](CC(=O)O)C(=O)O)C(=O)C[C@@H]2C(=O)N3C(C(=O)O)=C(C[N+]45CCC(CN6C(=O)c7cc(O)c(O)cc7C6=O)(CC4)C5)CS[C@H]23)cs1. The molecule has 7 rings (SSSR count). The number of imide groups is 1. The maximum Gasteiger partial charge on any atom is 0.352 e. The summed E-state index contributed by atoms with van der Waals surface area (Å²) in [6.07, 6.45) is -2.00. The van der Waals surface area contributed by atoms with Crippen LogP contribution in [0.1, 0.15) is 52.1 Å². The van der Waals surface area contributed by atoms with Crippen LogP contribution in [0.4, 0.5) is 5.13 Å². The number of oxime groups is 1. The van der Waals surface area contributed by atoms with E-state index in [4.69, 9.17) is 15.7 Å². The Bertz CT molecular complexity index is 2060. The first kappa shape index (κ1) is 36.8. The zero-order valence-corrected chi connectivity index (χ0v) is 29.8. The molecule has 6 heterocycles. The van der Waals surface area contributed by atoms with Crippen molar-refractivity contribution in [3.8, 4) is 11.5 Å². The molecule has 284 valence electrons. The molecule has 21 heteroatoms. The second kappa shape index (κ2) is 13.4. The highest BCUT2D eigenvalue weighted by molar-refractivity contribution is 8.00. The van der Waals surface area contributed by atoms with Crippen LogP contribution in [-0.4, -0.2) is 142 Å². The fourth-order valence-corrected chi connectivity index (χ4v) is 10.1. The number of amides is 3. The van der Waals surface area contributed by atoms with E-state index in [9.17, 15) is 54.0 Å². The van der Waals surface area contributed by atoms with Crippen LogP contribution >= 0.6 is 23.1 Å². The first-order valence-corrected chi connectivity index (χ1v) is 18.6. The highest BCUT2D eigenvalue weighted by atomic mass is 32.2. The van der Waals surface area contributed by atoms with Crippen molar-refractivity contribution in [2.75, 3.05) is 44.2 Å². The van der Waals surface area contributed by atoms with Gasteiger partial charge < -0.3 is 40.6 Å². The van der Waals surface area contributed by atoms with Crippen LogP contribution < -0.4 is 5.73 Å². The third kappa shape index (κ3) is 6.30. The summed E-state index contributed by atoms with van der Waals surface area (Å²) in [5.41, 5.74) is 5.15. The molecule has 0 radical (unpaired) electrons. The summed E-state index contributed by atoms with van der Waals surface area (Å²) in [6, 6.07) is 2.16. The number of aromatic nitrogens is 1. The first-order chi connectivity index (χ1) is 25.5. The number of anilines is 1. The Hall–Kier alpha value is -5.54. The first-order valence-electron chi connectivity index (χ1n) is 16.6. The van der Waals surface area contributed by atoms with Gasteiger partial charge in [-0.2, -0.15) is 0 Å². The Morgan fingerprint density at radius 2 is 1.70 bits per heavy atom. The van der Waals surface area contributed by atoms with Gasteiger partial charge in [0, 0.05) is 47.9 Å². The molecule has 0 aliphatic carbocycles. The van der Waals surface area contributed by atoms with Crippen molar-refractivity contribution in [3.05, 3.63) is 45.6 Å². The number of thioether (sulfide) groups is 1. The van der Waals surface area contributed by atoms with Gasteiger partial charge in [0.05, 0.1) is 48.5 Å². The van der Waals surface area contributed by atoms with Gasteiger partial charge in [-0.1, -0.05) is 5.16 Å². The zero-order chi connectivity index (χ0) is 38.9. The number of carboxylic acids is 3. The molecule has 5 aliphatic rings. The Morgan fingerprint density at radius 3 is 2.26 bits per heavy atom. The van der Waals surface area contributed by atoms with Gasteiger partial charge in [0.25, 0.3) is 11.8 Å². The summed E-state index contributed by atoms with van der Waals surface area (Å²) in [5.74, 6) is -8.65. The summed E-state index contributed by atoms with van der Waals surface area (Å²) in [4.78, 5) is 100. The number of nitrogens with two attached hydrogens (primary N) is 1. The Kier molecular flexibility index (Phi) is 9.13. The number of ketones is 1. The fraction of sp³-hybridized carbons (Fsp3) is 0.424. The summed E-state index contributed by atoms with van der Waals surface area (Å²) in [7, 11) is 0. The van der Waals surface area contributed by atoms with E-state index in [1.807, 2.05) is 0 Å². The zero-order valence-electron chi connectivity index (χ0n) is 28.2. The number of carboxylic acid groups (broad SMARTS) is 3. The summed E-state index contributed by atoms with van der Waals surface area (Å²) in [5, 5.41) is 52.8. The number of benzene rings is 1. The summed E-state index contributed by atoms with van der Waals surface area (Å²) in [6.45, 7) is 2.32. The maximum atomic E-state index is 13.6. The Balaban J connectivity index is 1.05. The van der Waals surface area contributed by atoms with E-state index >= 15 is 0 Å². The van der Waals surface area contributed by atoms with Crippen LogP contribution in [0.2, 0.25) is 0 Å². The largest absolute Gasteiger partial charge is 0.504 e. The van der Waals surface area contributed by atoms with Gasteiger partial charge in [-0.25, -0.2) is 14.6 Å². The normalized spacial score (nSPS) is 26.4. The molecule has 0 spiro atoms. The molecule has 7 N–H and O–H groups in total. The van der Waals surface area contributed by atoms with E-state index in [-0.39, 0.29) is 39.9 Å². The number of piperidine rings is 1. The van der Waals surface area contributed by atoms with E-state index in [2.05, 4.69) is 10.1 Å². The molecule has 1 aromatic heterocycles. The molecule has 3 amide bonds. The lowest BCUT2D eigenvalue weighted by Crippen LogP contribution is -2.62. The molecule has 5 aliphatic heterocycles. The van der Waals surface area contributed by atoms with E-state index in [0.29, 0.717) is 49.1 Å². The lowest BCUT2D eigenvalue weighted by Gasteiger charge is -2.50. The number of phenolic OH excluding ortho intramolecular Hbond substituents is 2. The quantitative estimate of drug-likeness (QED) is 0.0380. The number of fused-ring (bicyclic) bond motifs is 4. The van der Waals surface area contributed by atoms with Crippen molar-refractivity contribution >= 4 is 75.4 Å². The molecule has 2 bridgehead atoms. The van der Waals surface area contributed by atoms with E-state index in [0.717, 1.165) is 28.4 Å². The highest BCUT2D eigenvalue weighted by Crippen LogP contribution is 2.50. The summed E-state index contributed by atoms with van der Waals surface area (Å²) >= 11 is 2.25. The molecule has 2 aromatic rings. The molecular weight excluding hydrogens is 753 g/mol. The fourth-order valence-electron chi connectivity index (χ4n) is 8.15. The number of phenols is 2. The van der Waals surface area contributed by atoms with Gasteiger partial charge in [0.1, 0.15) is 17.9 Å². The average molecular weight is 786 g/mol. The number of carbonyl (C=O) groups excluding carboxylic acids is 4. The van der Waals surface area contributed by atoms with Crippen molar-refractivity contribution in [3.63, 3.8) is 0 Å². The van der Waals surface area contributed by atoms with Crippen LogP contribution in [0.5, 0.6) is 11.5 Å². The topological polar surface area (TPSA) is 288 Å². The smallest absolute Gasteiger partial charge is 0.352 e. The number of rotatable bonds is 14. The minimum atomic E-state index is -1.92. The maximum absolute atomic E-state index is 13.6. The lowest BCUT2D eigenvalue weighted by molar-refractivity contribution is -0.905. The molecule has 54 heavy (non-hydrogen) atoms. The van der Waals surface area contributed by atoms with Crippen LogP contribution in [0.15, 0.2) is 33.9 Å². The Labute approximate surface area is 312 Å². The molecule has 3 fully saturated rings. The molecule has 19 nitrogen and oxygen atoms in total. The number of nitrogen functional groups attached to an aromatic ring is 1. The Morgan fingerprint density at radius 1 is 1.06 bits per heavy atom. The molecular formula is C33H33N6O13S2+. The van der Waals surface area contributed by atoms with Crippen LogP contribution in [0, 0.1) is 11.3 Å². The standard InChI is InChI=1S/C33H32N6O13S2/c34-32-35-18(11-54-32)24(36-52-22(30(48)49)8-23(43)44)21(42)7-17-28(47)38-25(31(50)51)14(10-53-29(17)38)9-39-3-1-33(13-39,2-4-39)12-37-26(45)15-5-19(40)20(41)6-16(15)27(37)46/h5-6,11,17,22,29H,1-4,7-10,12-13H2,(H6-,34,35,36,40,41,42,43,44,45,46,48,49,50,51)/p+1/t17-,22+,29-,33?,39?/m1/s1. The van der Waals surface area contributed by atoms with Crippen molar-refractivity contribution in [2.24, 2.45) is 16.5 Å². The molecule has 0 unspecified atom stereocenters. The average Bonchev–Trinajstić information content (AvgIpc) is 3.86. The van der Waals surface area contributed by atoms with Gasteiger partial charge in [0.15, 0.2) is 28.1 Å². The minimum Gasteiger partial charge on any atom is -0.504 e. The third-order valence-corrected chi connectivity index (χ3v) is 12.8. The number of aliphatic carboxylic acids is 3. The number of carbonyl (C=O) groups is 7. The highest BCUT2D eigenvalue weighted by Gasteiger charge is 2.59. The predicted molar refractivity (Wildman–Crippen MR) is 185 cm³/mol. The van der Waals surface area contributed by atoms with Gasteiger partial charge in [-0.3, -0.25) is 33.8 Å². The van der Waals surface area contributed by atoms with Crippen LogP contribution in [-0.2, 0) is 28.8 Å². The van der Waals surface area contributed by atoms with Crippen LogP contribution in [0.3, 0.4) is 0 Å². The molecule has 3 saturated heterocycles. The summed E-state index contributed by atoms with van der Waals surface area (Å²) < 4.78 is 0.502. The van der Waals surface area contributed by atoms with Gasteiger partial charge in [-0.15, -0.1) is 23.1 Å². The number of quaternary nitrogens is 1. The van der Waals surface area contributed by atoms with E-state index < -0.39 is 94.3 Å². The second-order valence-electron chi connectivity index (χ2n) is 14.1. The second-order valence-corrected chi connectivity index (χ2v) is 16.1. The number of nitrogens with zero attached hydrogens (tertiary/aromatic N) is 5. The van der Waals surface area contributed by atoms with Crippen LogP contribution in [0.25, 0.3) is 0 Å². The van der Waals surface area contributed by atoms with Crippen molar-refractivity contribution in [2.45, 2.75) is 37.2 Å². The van der Waals surface area contributed by atoms with Gasteiger partial charge in [-0.05, 0) is 12.1 Å². The van der Waals surface area contributed by atoms with Gasteiger partial charge in [0.2, 0.25) is 12.0 Å². The van der Waals surface area contributed by atoms with Crippen molar-refractivity contribution in [1.82, 2.24) is 14.8 Å². The van der Waals surface area contributed by atoms with Crippen molar-refractivity contribution < 1.29 is 68.4 Å². The number of thiazole rings is 1. The molecule has 0 saturated carbocycles. The van der Waals surface area contributed by atoms with E-state index in [1.165, 1.54) is 22.0 Å². The molecule has 3 atom stereocenters. The number of hydrogen-bond acceptors (Lipinski definition) is 15. The number of Topliss-reactive ketones (excluding diaryl/α,β-unsaturated/α-hetero) is 1. The predicted octanol–water partition coefficient (Wildman–Crippen LogP) is 0.521. The lowest BCUT2D eigenvalue weighted by atomic mass is 9.84. The number of hydrogen-bond donors (Lipinski definition) is 6. The number of β-lactam (4-membered cyclic amide) rings is 1.